The van der Waals surface area contributed by atoms with Crippen molar-refractivity contribution >= 4 is 25.7 Å². The minimum absolute atomic E-state index is 0.0965. The molecule has 1 aromatic carbocycles. The van der Waals surface area contributed by atoms with E-state index in [1.807, 2.05) is 0 Å². The Hall–Kier alpha value is -1.16. The van der Waals surface area contributed by atoms with Gasteiger partial charge < -0.3 is 4.74 Å². The molecule has 1 N–H and O–H groups in total. The number of ether oxygens (including phenoxy) is 1. The van der Waals surface area contributed by atoms with Gasteiger partial charge in [0.2, 0.25) is 20.0 Å². The van der Waals surface area contributed by atoms with Crippen molar-refractivity contribution in [3.8, 4) is 0 Å². The monoisotopic (exact) mass is 388 g/mol. The first-order valence-corrected chi connectivity index (χ1v) is 11.6. The smallest absolute Gasteiger partial charge is 0.240 e. The van der Waals surface area contributed by atoms with Crippen molar-refractivity contribution in [3.05, 3.63) is 23.8 Å². The van der Waals surface area contributed by atoms with E-state index < -0.39 is 20.0 Å². The Morgan fingerprint density at radius 1 is 1.28 bits per heavy atom. The van der Waals surface area contributed by atoms with Crippen LogP contribution in [-0.4, -0.2) is 48.4 Å². The highest BCUT2D eigenvalue weighted by molar-refractivity contribution is 7.92. The summed E-state index contributed by atoms with van der Waals surface area (Å²) >= 11 is 0. The topological polar surface area (TPSA) is 92.8 Å². The number of anilines is 1. The number of nitrogens with zero attached hydrogens (tertiary/aromatic N) is 1. The highest BCUT2D eigenvalue weighted by Crippen LogP contribution is 2.28. The third-order valence-electron chi connectivity index (χ3n) is 4.62. The lowest BCUT2D eigenvalue weighted by Crippen LogP contribution is -2.38. The molecule has 2 saturated heterocycles. The van der Waals surface area contributed by atoms with Crippen molar-refractivity contribution in [1.29, 1.82) is 0 Å². The Kier molecular flexibility index (Phi) is 5.38. The minimum atomic E-state index is -3.73. The van der Waals surface area contributed by atoms with Crippen molar-refractivity contribution in [3.63, 3.8) is 0 Å². The van der Waals surface area contributed by atoms with Crippen LogP contribution in [0.25, 0.3) is 0 Å². The Balaban J connectivity index is 1.85. The molecule has 1 unspecified atom stereocenters. The maximum Gasteiger partial charge on any atom is 0.240 e. The fraction of sp³-hybridized carbons (Fsp3) is 0.625. The van der Waals surface area contributed by atoms with Crippen molar-refractivity contribution < 1.29 is 21.6 Å². The SMILES string of the molecule is Cc1ccc(N2CCCCS2(=O)=O)cc1S(=O)(=O)NCC1CCCO1. The van der Waals surface area contributed by atoms with Crippen molar-refractivity contribution in [1.82, 2.24) is 4.72 Å². The number of aryl methyl sites for hydroxylation is 1. The van der Waals surface area contributed by atoms with Gasteiger partial charge in [-0.15, -0.1) is 0 Å². The Morgan fingerprint density at radius 2 is 2.08 bits per heavy atom. The van der Waals surface area contributed by atoms with E-state index in [-0.39, 0.29) is 23.3 Å². The highest BCUT2D eigenvalue weighted by atomic mass is 32.2. The van der Waals surface area contributed by atoms with Gasteiger partial charge in [0.25, 0.3) is 0 Å². The molecule has 9 heteroatoms. The molecule has 1 aromatic rings. The van der Waals surface area contributed by atoms with Crippen molar-refractivity contribution in [2.75, 3.05) is 29.8 Å². The largest absolute Gasteiger partial charge is 0.377 e. The minimum Gasteiger partial charge on any atom is -0.377 e. The number of hydrogen-bond acceptors (Lipinski definition) is 5. The predicted octanol–water partition coefficient (Wildman–Crippen LogP) is 1.38. The van der Waals surface area contributed by atoms with Crippen LogP contribution < -0.4 is 9.03 Å². The summed E-state index contributed by atoms with van der Waals surface area (Å²) in [4.78, 5) is 0.115. The lowest BCUT2D eigenvalue weighted by Gasteiger charge is -2.28. The van der Waals surface area contributed by atoms with Crippen LogP contribution in [0.2, 0.25) is 0 Å². The molecule has 2 fully saturated rings. The molecule has 0 saturated carbocycles. The molecule has 0 radical (unpaired) electrons. The molecule has 140 valence electrons. The zero-order valence-electron chi connectivity index (χ0n) is 14.3. The number of benzene rings is 1. The second kappa shape index (κ2) is 7.22. The average Bonchev–Trinajstić information content (AvgIpc) is 3.07. The number of rotatable bonds is 5. The first kappa shape index (κ1) is 18.6. The molecule has 0 bridgehead atoms. The van der Waals surface area contributed by atoms with Gasteiger partial charge in [-0.05, 0) is 50.3 Å². The molecule has 25 heavy (non-hydrogen) atoms. The molecule has 0 aromatic heterocycles. The quantitative estimate of drug-likeness (QED) is 0.823. The third-order valence-corrected chi connectivity index (χ3v) is 8.06. The summed E-state index contributed by atoms with van der Waals surface area (Å²) < 4.78 is 59.2. The molecule has 0 amide bonds. The summed E-state index contributed by atoms with van der Waals surface area (Å²) in [7, 11) is -7.11. The second-order valence-corrected chi connectivity index (χ2v) is 10.3. The predicted molar refractivity (Wildman–Crippen MR) is 95.7 cm³/mol. The van der Waals surface area contributed by atoms with Gasteiger partial charge in [0, 0.05) is 19.7 Å². The van der Waals surface area contributed by atoms with E-state index in [9.17, 15) is 16.8 Å². The van der Waals surface area contributed by atoms with E-state index in [4.69, 9.17) is 4.74 Å². The van der Waals surface area contributed by atoms with Crippen LogP contribution in [0.5, 0.6) is 0 Å². The first-order chi connectivity index (χ1) is 11.8. The number of nitrogens with one attached hydrogen (secondary N) is 1. The van der Waals surface area contributed by atoms with E-state index in [2.05, 4.69) is 4.72 Å². The summed E-state index contributed by atoms with van der Waals surface area (Å²) in [6, 6.07) is 4.77. The summed E-state index contributed by atoms with van der Waals surface area (Å²) in [5.41, 5.74) is 0.987. The van der Waals surface area contributed by atoms with E-state index >= 15 is 0 Å². The standard InChI is InChI=1S/C16H24N2O5S2/c1-13-6-7-14(18-8-2-3-10-24(18,19)20)11-16(13)25(21,22)17-12-15-5-4-9-23-15/h6-7,11,15,17H,2-5,8-10,12H2,1H3. The summed E-state index contributed by atoms with van der Waals surface area (Å²) in [6.45, 7) is 2.98. The second-order valence-electron chi connectivity index (χ2n) is 6.53. The van der Waals surface area contributed by atoms with Crippen LogP contribution in [0.15, 0.2) is 23.1 Å². The van der Waals surface area contributed by atoms with Crippen LogP contribution in [0.3, 0.4) is 0 Å². The zero-order chi connectivity index (χ0) is 18.1. The van der Waals surface area contributed by atoms with Gasteiger partial charge in [-0.1, -0.05) is 6.07 Å². The van der Waals surface area contributed by atoms with Crippen LogP contribution >= 0.6 is 0 Å². The Labute approximate surface area is 149 Å². The fourth-order valence-corrected chi connectivity index (χ4v) is 6.16. The third kappa shape index (κ3) is 4.16. The lowest BCUT2D eigenvalue weighted by atomic mass is 10.2. The van der Waals surface area contributed by atoms with Gasteiger partial charge in [-0.3, -0.25) is 4.31 Å². The molecule has 2 aliphatic heterocycles. The van der Waals surface area contributed by atoms with Crippen molar-refractivity contribution in [2.45, 2.75) is 43.6 Å². The molecule has 0 aliphatic carbocycles. The highest BCUT2D eigenvalue weighted by Gasteiger charge is 2.28. The van der Waals surface area contributed by atoms with Gasteiger partial charge in [-0.25, -0.2) is 21.6 Å². The van der Waals surface area contributed by atoms with Crippen LogP contribution in [-0.2, 0) is 24.8 Å². The van der Waals surface area contributed by atoms with Crippen LogP contribution in [0, 0.1) is 6.92 Å². The maximum absolute atomic E-state index is 12.7. The van der Waals surface area contributed by atoms with Gasteiger partial charge in [0.15, 0.2) is 0 Å². The van der Waals surface area contributed by atoms with E-state index in [1.165, 1.54) is 10.4 Å². The summed E-state index contributed by atoms with van der Waals surface area (Å²) in [5.74, 6) is 0.0974. The van der Waals surface area contributed by atoms with E-state index in [0.717, 1.165) is 19.3 Å². The molecule has 1 atom stereocenters. The summed E-state index contributed by atoms with van der Waals surface area (Å²) in [5, 5.41) is 0. The molecule has 3 rings (SSSR count). The molecule has 2 heterocycles. The lowest BCUT2D eigenvalue weighted by molar-refractivity contribution is 0.114. The van der Waals surface area contributed by atoms with Crippen molar-refractivity contribution in [2.24, 2.45) is 0 Å². The van der Waals surface area contributed by atoms with Gasteiger partial charge in [0.1, 0.15) is 0 Å². The molecular weight excluding hydrogens is 364 g/mol. The number of hydrogen-bond donors (Lipinski definition) is 1. The number of sulfonamides is 2. The van der Waals surface area contributed by atoms with Gasteiger partial charge in [0.05, 0.1) is 22.4 Å². The molecule has 0 spiro atoms. The maximum atomic E-state index is 12.7. The molecular formula is C16H24N2O5S2. The normalized spacial score (nSPS) is 23.7. The van der Waals surface area contributed by atoms with Gasteiger partial charge >= 0.3 is 0 Å². The van der Waals surface area contributed by atoms with Gasteiger partial charge in [-0.2, -0.15) is 0 Å². The molecule has 7 nitrogen and oxygen atoms in total. The fourth-order valence-electron chi connectivity index (χ4n) is 3.20. The Morgan fingerprint density at radius 3 is 2.76 bits per heavy atom. The Bertz CT molecular complexity index is 830. The summed E-state index contributed by atoms with van der Waals surface area (Å²) in [6.07, 6.45) is 3.09. The first-order valence-electron chi connectivity index (χ1n) is 8.52. The molecule has 2 aliphatic rings. The van der Waals surface area contributed by atoms with Crippen LogP contribution in [0.4, 0.5) is 5.69 Å². The van der Waals surface area contributed by atoms with E-state index in [1.54, 1.807) is 19.1 Å². The average molecular weight is 389 g/mol. The van der Waals surface area contributed by atoms with E-state index in [0.29, 0.717) is 30.8 Å². The van der Waals surface area contributed by atoms with Crippen LogP contribution in [0.1, 0.15) is 31.2 Å². The zero-order valence-corrected chi connectivity index (χ0v) is 15.9.